The highest BCUT2D eigenvalue weighted by Crippen LogP contribution is 2.26. The Hall–Kier alpha value is -14.2. The normalized spacial score (nSPS) is 9.67. The highest BCUT2D eigenvalue weighted by Gasteiger charge is 2.16. The number of carbonyl (C=O) groups excluding carboxylic acids is 13. The lowest BCUT2D eigenvalue weighted by atomic mass is 9.92. The third-order valence-electron chi connectivity index (χ3n) is 18.3. The van der Waals surface area contributed by atoms with Crippen LogP contribution < -0.4 is 9.64 Å². The lowest BCUT2D eigenvalue weighted by Crippen LogP contribution is -2.15. The molecule has 13 rings (SSSR count). The van der Waals surface area contributed by atoms with Crippen LogP contribution in [0.3, 0.4) is 0 Å². The third-order valence-corrected chi connectivity index (χ3v) is 19.3. The number of carbonyl (C=O) groups is 13. The molecular weight excluding hydrogens is 1680 g/mol. The fourth-order valence-electron chi connectivity index (χ4n) is 10.0. The molecule has 0 amide bonds. The van der Waals surface area contributed by atoms with E-state index in [0.717, 1.165) is 60.4 Å². The van der Waals surface area contributed by atoms with E-state index in [1.165, 1.54) is 94.7 Å². The predicted octanol–water partition coefficient (Wildman–Crippen LogP) is 22.5. The summed E-state index contributed by atoms with van der Waals surface area (Å²) in [4.78, 5) is 146. The number of ether oxygens (including phenoxy) is 1. The highest BCUT2D eigenvalue weighted by atomic mass is 32.1. The number of aliphatic hydroxyl groups is 3. The van der Waals surface area contributed by atoms with Crippen molar-refractivity contribution in [2.24, 2.45) is 19.5 Å². The summed E-state index contributed by atoms with van der Waals surface area (Å²) in [6.45, 7) is 29.4. The van der Waals surface area contributed by atoms with E-state index in [9.17, 15) is 66.7 Å². The number of aromatic nitrogens is 3. The van der Waals surface area contributed by atoms with Crippen LogP contribution in [0, 0.1) is 25.1 Å². The first-order valence-corrected chi connectivity index (χ1v) is 42.1. The maximum atomic E-state index is 12.2. The monoisotopic (exact) mass is 1800 g/mol. The first-order chi connectivity index (χ1) is 61.6. The smallest absolute Gasteiger partial charge is 0.194 e. The van der Waals surface area contributed by atoms with Crippen LogP contribution in [-0.4, -0.2) is 126 Å². The number of aliphatic hydroxyl groups excluding tert-OH is 3. The minimum atomic E-state index is -0.315. The zero-order valence-corrected chi connectivity index (χ0v) is 80.0. The second-order valence-electron chi connectivity index (χ2n) is 30.4. The average Bonchev–Trinajstić information content (AvgIpc) is 1.75. The van der Waals surface area contributed by atoms with Crippen molar-refractivity contribution in [2.45, 2.75) is 144 Å². The number of Topliss-reactive ketones (excluding diaryl/α,β-unsaturated/α-hetero) is 13. The average molecular weight is 1800 g/mol. The summed E-state index contributed by atoms with van der Waals surface area (Å²) in [6.07, 6.45) is 10.2. The number of fused-ring (bicyclic) bond motifs is 1. The van der Waals surface area contributed by atoms with Crippen LogP contribution in [0.2, 0.25) is 0 Å². The van der Waals surface area contributed by atoms with Gasteiger partial charge in [-0.3, -0.25) is 67.3 Å². The van der Waals surface area contributed by atoms with Gasteiger partial charge in [0.25, 0.3) is 0 Å². The summed E-state index contributed by atoms with van der Waals surface area (Å²) in [6, 6.07) is 67.7. The molecule has 5 heterocycles. The topological polar surface area (TPSA) is 331 Å². The highest BCUT2D eigenvalue weighted by molar-refractivity contribution is 7.12. The zero-order chi connectivity index (χ0) is 99.2. The number of anilines is 1. The van der Waals surface area contributed by atoms with Crippen molar-refractivity contribution in [1.82, 2.24) is 14.1 Å². The van der Waals surface area contributed by atoms with E-state index >= 15 is 0 Å². The van der Waals surface area contributed by atoms with Crippen molar-refractivity contribution < 1.29 is 91.2 Å². The Morgan fingerprint density at radius 3 is 1.17 bits per heavy atom. The lowest BCUT2D eigenvalue weighted by molar-refractivity contribution is -0.124. The summed E-state index contributed by atoms with van der Waals surface area (Å²) in [5.41, 5.74) is 13.4. The van der Waals surface area contributed by atoms with Gasteiger partial charge in [0, 0.05) is 149 Å². The van der Waals surface area contributed by atoms with Crippen LogP contribution in [0.15, 0.2) is 278 Å². The maximum absolute atomic E-state index is 12.2. The van der Waals surface area contributed by atoms with E-state index in [2.05, 4.69) is 4.98 Å². The summed E-state index contributed by atoms with van der Waals surface area (Å²) in [5, 5.41) is 29.8. The molecule has 8 aromatic carbocycles. The number of rotatable bonds is 17. The van der Waals surface area contributed by atoms with Gasteiger partial charge >= 0.3 is 0 Å². The Morgan fingerprint density at radius 2 is 0.863 bits per heavy atom. The molecule has 0 aliphatic carbocycles. The van der Waals surface area contributed by atoms with Gasteiger partial charge in [-0.1, -0.05) is 159 Å². The Labute approximate surface area is 772 Å². The van der Waals surface area contributed by atoms with Gasteiger partial charge in [-0.05, 0) is 217 Å². The van der Waals surface area contributed by atoms with Gasteiger partial charge in [0.05, 0.1) is 38.1 Å². The molecule has 0 unspecified atom stereocenters. The van der Waals surface area contributed by atoms with Gasteiger partial charge in [-0.2, -0.15) is 0 Å². The summed E-state index contributed by atoms with van der Waals surface area (Å²) < 4.78 is 25.9. The first-order valence-electron chi connectivity index (χ1n) is 41.2. The molecule has 0 aliphatic rings. The number of nitrogens with zero attached hydrogens (tertiary/aromatic N) is 4. The third kappa shape index (κ3) is 46.4. The molecule has 0 radical (unpaired) electrons. The van der Waals surface area contributed by atoms with Gasteiger partial charge < -0.3 is 38.5 Å². The molecule has 13 aromatic rings. The molecule has 0 fully saturated rings. The van der Waals surface area contributed by atoms with Crippen molar-refractivity contribution in [3.8, 4) is 5.75 Å². The molecule has 3 N–H and O–H groups in total. The molecule has 22 nitrogen and oxygen atoms in total. The number of ketones is 13. The van der Waals surface area contributed by atoms with Crippen molar-refractivity contribution in [3.63, 3.8) is 0 Å². The number of hydrogen-bond acceptors (Lipinski definition) is 21. The van der Waals surface area contributed by atoms with Crippen molar-refractivity contribution >= 4 is 103 Å². The maximum Gasteiger partial charge on any atom is 0.194 e. The molecule has 5 aromatic heterocycles. The molecule has 24 heteroatoms. The standard InChI is InChI=1S/C11H11NO.C11H14O4.C10H13NO.C9H10O2.2C9H10O.C8H7FO.C8H8O.C7H9NO.C7H7NO.C6H6O2.C6H6OS.C6H12O/c1-8(13)10-7-12(2)11-6-4-3-5-9(10)11;1-7(14)8-3-9(5-12)10(6-13)11(4-8)15-2;1-8(12)9-4-6-10(7-5-9)11(2)3;1-7(11)9-4-2-8(6-10)3-5-9;2*1-7-3-5-9(6-4-7)8(2)10;1-6(10)7-2-4-8(9)5-3-7;1-7(9)8-5-3-2-4-6-8;1-6(9)7-3-4-8(2)5-7;1-6(9)7-3-2-4-8-5-7;2*1-5(7)6-3-2-4-8-6;1-5(7)6(2,3)4/h3-7H,1-2H3;3-4,12-13H,5-6H2,1-2H3;4-7H,1-3H3;2-5,10H,6H2,1H3;2*3-6H,1-2H3;2-5H,1H3;2-6H,1H3;3-5H,1-2H3;2-5H,1H3;2*2-4H,1H3;1-4H3. The lowest BCUT2D eigenvalue weighted by Gasteiger charge is -2.12. The fraction of sp³-hybridized carbons (Fsp3) is 0.252. The van der Waals surface area contributed by atoms with E-state index in [0.29, 0.717) is 44.9 Å². The number of aryl methyl sites for hydroxylation is 4. The van der Waals surface area contributed by atoms with E-state index < -0.39 is 0 Å². The van der Waals surface area contributed by atoms with E-state index in [4.69, 9.17) is 24.5 Å². The van der Waals surface area contributed by atoms with Crippen LogP contribution in [0.1, 0.15) is 262 Å². The minimum absolute atomic E-state index is 0.0260. The zero-order valence-electron chi connectivity index (χ0n) is 79.1. The molecule has 0 atom stereocenters. The summed E-state index contributed by atoms with van der Waals surface area (Å²) in [5.74, 6) is 1.58. The van der Waals surface area contributed by atoms with E-state index in [1.54, 1.807) is 128 Å². The number of halogens is 1. The van der Waals surface area contributed by atoms with Crippen LogP contribution in [0.5, 0.6) is 5.75 Å². The molecule has 0 spiro atoms. The van der Waals surface area contributed by atoms with Crippen molar-refractivity contribution in [2.75, 3.05) is 26.1 Å². The van der Waals surface area contributed by atoms with Gasteiger partial charge in [0.2, 0.25) is 0 Å². The summed E-state index contributed by atoms with van der Waals surface area (Å²) in [7, 11) is 9.26. The number of para-hydroxylation sites is 1. The Balaban J connectivity index is 0.000000713. The Kier molecular flexibility index (Phi) is 53.7. The second kappa shape index (κ2) is 61.3. The minimum Gasteiger partial charge on any atom is -0.496 e. The van der Waals surface area contributed by atoms with E-state index in [1.807, 2.05) is 246 Å². The molecule has 0 saturated carbocycles. The number of hydrogen-bond donors (Lipinski definition) is 3. The van der Waals surface area contributed by atoms with Crippen LogP contribution >= 0.6 is 11.3 Å². The van der Waals surface area contributed by atoms with Crippen LogP contribution in [0.4, 0.5) is 10.1 Å². The fourth-order valence-corrected chi connectivity index (χ4v) is 10.7. The molecule has 0 aliphatic heterocycles. The van der Waals surface area contributed by atoms with Gasteiger partial charge in [0.15, 0.2) is 75.2 Å². The molecule has 0 saturated heterocycles. The van der Waals surface area contributed by atoms with Gasteiger partial charge in [-0.15, -0.1) is 11.3 Å². The molecule has 131 heavy (non-hydrogen) atoms. The van der Waals surface area contributed by atoms with Gasteiger partial charge in [-0.25, -0.2) is 4.39 Å². The first kappa shape index (κ1) is 115. The predicted molar refractivity (Wildman–Crippen MR) is 519 cm³/mol. The summed E-state index contributed by atoms with van der Waals surface area (Å²) >= 11 is 1.48. The van der Waals surface area contributed by atoms with Crippen molar-refractivity contribution in [3.05, 3.63) is 373 Å². The Bertz CT molecular complexity index is 5480. The second-order valence-corrected chi connectivity index (χ2v) is 31.4. The largest absolute Gasteiger partial charge is 0.496 e. The molecular formula is C107H123FN4O18S. The quantitative estimate of drug-likeness (QED) is 0.0713. The van der Waals surface area contributed by atoms with Crippen LogP contribution in [0.25, 0.3) is 10.9 Å². The van der Waals surface area contributed by atoms with E-state index in [-0.39, 0.29) is 106 Å². The van der Waals surface area contributed by atoms with Gasteiger partial charge in [0.1, 0.15) is 17.3 Å². The number of pyridine rings is 1. The van der Waals surface area contributed by atoms with Crippen molar-refractivity contribution in [1.29, 1.82) is 0 Å². The number of benzene rings is 8. The Morgan fingerprint density at radius 1 is 0.435 bits per heavy atom. The number of methoxy groups -OCH3 is 1. The molecule has 0 bridgehead atoms. The number of thiophene rings is 1. The number of furan rings is 1. The SMILES string of the molecule is CC(=O)C(C)(C)C.CC(=O)c1ccc(C)cc1.CC(=O)c1ccc(C)cc1.CC(=O)c1ccc(CO)cc1.CC(=O)c1ccc(F)cc1.CC(=O)c1ccc(N(C)C)cc1.CC(=O)c1ccccc1.CC(=O)c1cccnc1.CC(=O)c1ccco1.CC(=O)c1cccs1.CC(=O)c1ccn(C)c1.CC(=O)c1cn(C)c2ccccc12.COc1cc(C(C)=O)cc(CO)c1CO. The van der Waals surface area contributed by atoms with Crippen LogP contribution in [-0.2, 0) is 38.7 Å². The molecule has 692 valence electrons.